The number of carbonyl (C=O) groups excluding carboxylic acids is 3. The molecule has 0 aromatic carbocycles. The third-order valence-corrected chi connectivity index (χ3v) is 16.2. The molecule has 38 heteroatoms. The fraction of sp³-hybridized carbons (Fsp3) is 0.940. The van der Waals surface area contributed by atoms with Crippen LogP contribution in [0.25, 0.3) is 0 Å². The van der Waals surface area contributed by atoms with Crippen LogP contribution in [0.3, 0.4) is 0 Å². The van der Waals surface area contributed by atoms with Crippen LogP contribution in [0.4, 0.5) is 0 Å². The molecule has 0 bridgehead atoms. The van der Waals surface area contributed by atoms with Crippen LogP contribution in [-0.2, 0) is 76.0 Å². The molecule has 510 valence electrons. The predicted molar refractivity (Wildman–Crippen MR) is 274 cm³/mol. The highest BCUT2D eigenvalue weighted by Gasteiger charge is 2.59. The van der Waals surface area contributed by atoms with Crippen molar-refractivity contribution in [2.45, 2.75) is 249 Å². The topological polar surface area (TPSA) is 592 Å². The van der Waals surface area contributed by atoms with E-state index in [1.165, 1.54) is 6.92 Å². The number of amides is 3. The maximum atomic E-state index is 12.7. The summed E-state index contributed by atoms with van der Waals surface area (Å²) in [6.45, 7) is -2.10. The van der Waals surface area contributed by atoms with E-state index in [2.05, 4.69) is 16.0 Å². The Labute approximate surface area is 500 Å². The number of aliphatic hydroxyl groups excluding tert-OH is 18. The zero-order valence-electron chi connectivity index (χ0n) is 47.9. The van der Waals surface area contributed by atoms with Gasteiger partial charge in [-0.1, -0.05) is 0 Å². The highest BCUT2D eigenvalue weighted by Crippen LogP contribution is 2.39. The van der Waals surface area contributed by atoms with Gasteiger partial charge in [0.15, 0.2) is 37.2 Å². The third-order valence-electron chi connectivity index (χ3n) is 16.2. The lowest BCUT2D eigenvalue weighted by Gasteiger charge is -2.50. The van der Waals surface area contributed by atoms with Gasteiger partial charge in [0, 0.05) is 33.6 Å². The molecule has 0 radical (unpaired) electrons. The lowest BCUT2D eigenvalue weighted by atomic mass is 9.92. The van der Waals surface area contributed by atoms with Crippen molar-refractivity contribution >= 4 is 17.7 Å². The first kappa shape index (κ1) is 72.6. The van der Waals surface area contributed by atoms with Gasteiger partial charge in [-0.25, -0.2) is 0 Å². The van der Waals surface area contributed by atoms with Gasteiger partial charge in [0.1, 0.15) is 140 Å². The molecule has 0 aromatic heterocycles. The molecule has 20 unspecified atom stereocenters. The van der Waals surface area contributed by atoms with Crippen LogP contribution in [0, 0.1) is 0 Å². The second kappa shape index (κ2) is 31.4. The van der Waals surface area contributed by atoms with Gasteiger partial charge in [0.2, 0.25) is 24.0 Å². The molecule has 7 fully saturated rings. The summed E-state index contributed by atoms with van der Waals surface area (Å²) >= 11 is 0. The third kappa shape index (κ3) is 16.2. The van der Waals surface area contributed by atoms with Crippen molar-refractivity contribution in [3.05, 3.63) is 0 Å². The van der Waals surface area contributed by atoms with E-state index in [-0.39, 0.29) is 0 Å². The summed E-state index contributed by atoms with van der Waals surface area (Å²) in [7, 11) is 0. The number of carbonyl (C=O) groups is 3. The normalized spacial score (nSPS) is 48.6. The summed E-state index contributed by atoms with van der Waals surface area (Å²) < 4.78 is 76.5. The molecular formula is C50H85N3O35. The van der Waals surface area contributed by atoms with Crippen LogP contribution in [0.2, 0.25) is 0 Å². The largest absolute Gasteiger partial charge is 0.394 e. The molecule has 22 N–H and O–H groups in total. The highest BCUT2D eigenvalue weighted by molar-refractivity contribution is 5.74. The smallest absolute Gasteiger partial charge is 0.219 e. The molecule has 0 saturated carbocycles. The van der Waals surface area contributed by atoms with Crippen molar-refractivity contribution in [2.75, 3.05) is 46.2 Å². The van der Waals surface area contributed by atoms with E-state index in [0.29, 0.717) is 0 Å². The average Bonchev–Trinajstić information content (AvgIpc) is 1.08. The first-order valence-electron chi connectivity index (χ1n) is 28.4. The van der Waals surface area contributed by atoms with Gasteiger partial charge in [-0.15, -0.1) is 0 Å². The van der Waals surface area contributed by atoms with Gasteiger partial charge in [0.25, 0.3) is 0 Å². The standard InChI is InChI=1S/C50H85N3O35/c1-14-28(51-15(2)60)34(69)40(25(11-58)77-14)85-45-29(52-16(3)61)35(70)41(26(12-59)82-45)86-47-39(74)42(87-46-38(73)36(71)31(66)23(9-56)80-46)33(68)27(83-47)13-76-48-43(37(72)32(67)24(10-57)81-48)88-49-50(75,53-17(4)62)6-20(21(7-54)84-49)78-44-19(64)5-18(63)30(65)22(8-55)79-44/h14,18-49,54-59,63-75H,5-13H2,1-4H3,(H,51,60)(H,52,61)(H,53,62)/t14-,18?,19?,20-,21?,22?,23?,24?,25?,26?,27?,28?,29?,30+,31+,32+,33+,34?,35?,36?,37?,38?,39?,40+,41+,42?,43?,44+,45-,46+,47-,48-,49-,50?/m0/s1. The number of hydrogen-bond acceptors (Lipinski definition) is 35. The van der Waals surface area contributed by atoms with Gasteiger partial charge in [-0.3, -0.25) is 14.4 Å². The van der Waals surface area contributed by atoms with Crippen LogP contribution in [-0.4, -0.2) is 369 Å². The van der Waals surface area contributed by atoms with E-state index in [4.69, 9.17) is 61.6 Å². The zero-order valence-corrected chi connectivity index (χ0v) is 47.9. The molecule has 7 aliphatic heterocycles. The molecule has 0 aliphatic carbocycles. The second-order valence-electron chi connectivity index (χ2n) is 22.6. The lowest BCUT2D eigenvalue weighted by molar-refractivity contribution is -0.394. The maximum Gasteiger partial charge on any atom is 0.219 e. The fourth-order valence-electron chi connectivity index (χ4n) is 11.5. The van der Waals surface area contributed by atoms with Crippen LogP contribution in [0.5, 0.6) is 0 Å². The van der Waals surface area contributed by atoms with E-state index >= 15 is 0 Å². The Hall–Kier alpha value is -2.87. The minimum Gasteiger partial charge on any atom is -0.394 e. The van der Waals surface area contributed by atoms with Crippen molar-refractivity contribution in [3.8, 4) is 0 Å². The van der Waals surface area contributed by atoms with Gasteiger partial charge >= 0.3 is 0 Å². The van der Waals surface area contributed by atoms with Crippen LogP contribution < -0.4 is 16.0 Å². The first-order chi connectivity index (χ1) is 41.5. The van der Waals surface area contributed by atoms with Gasteiger partial charge in [-0.05, 0) is 6.92 Å². The minimum absolute atomic E-state index is 0.551. The quantitative estimate of drug-likeness (QED) is 0.0448. The summed E-state index contributed by atoms with van der Waals surface area (Å²) in [6, 6.07) is -2.87. The lowest BCUT2D eigenvalue weighted by Crippen LogP contribution is -2.70. The molecule has 38 nitrogen and oxygen atoms in total. The van der Waals surface area contributed by atoms with E-state index in [1.54, 1.807) is 0 Å². The second-order valence-corrected chi connectivity index (χ2v) is 22.6. The summed E-state index contributed by atoms with van der Waals surface area (Å²) in [5.41, 5.74) is -2.78. The Morgan fingerprint density at radius 2 is 0.898 bits per heavy atom. The molecular weight excluding hydrogens is 1200 g/mol. The van der Waals surface area contributed by atoms with Gasteiger partial charge in [-0.2, -0.15) is 0 Å². The minimum atomic E-state index is -2.78. The molecule has 7 rings (SSSR count). The number of rotatable bonds is 22. The molecule has 3 amide bonds. The number of nitrogens with one attached hydrogen (secondary N) is 3. The highest BCUT2D eigenvalue weighted by atomic mass is 16.8. The Bertz CT molecular complexity index is 2220. The number of aliphatic hydroxyl groups is 19. The van der Waals surface area contributed by atoms with E-state index in [0.717, 1.165) is 20.8 Å². The number of ether oxygens (including phenoxy) is 13. The van der Waals surface area contributed by atoms with E-state index in [1.807, 2.05) is 0 Å². The summed E-state index contributed by atoms with van der Waals surface area (Å²) in [6.07, 6.45) is -59.1. The molecule has 0 spiro atoms. The Morgan fingerprint density at radius 3 is 1.48 bits per heavy atom. The summed E-state index contributed by atoms with van der Waals surface area (Å²) in [5, 5.41) is 215. The molecule has 34 atom stereocenters. The predicted octanol–water partition coefficient (Wildman–Crippen LogP) is -14.0. The molecule has 7 heterocycles. The van der Waals surface area contributed by atoms with Crippen molar-refractivity contribution in [1.82, 2.24) is 16.0 Å². The molecule has 88 heavy (non-hydrogen) atoms. The Morgan fingerprint density at radius 1 is 0.420 bits per heavy atom. The monoisotopic (exact) mass is 1290 g/mol. The van der Waals surface area contributed by atoms with Crippen LogP contribution in [0.1, 0.15) is 40.5 Å². The first-order valence-corrected chi connectivity index (χ1v) is 28.4. The fourth-order valence-corrected chi connectivity index (χ4v) is 11.5. The van der Waals surface area contributed by atoms with Gasteiger partial charge < -0.3 is 175 Å². The van der Waals surface area contributed by atoms with Crippen LogP contribution in [0.15, 0.2) is 0 Å². The molecule has 7 saturated heterocycles. The summed E-state index contributed by atoms with van der Waals surface area (Å²) in [4.78, 5) is 37.5. The molecule has 0 aromatic rings. The number of hydrogen-bond donors (Lipinski definition) is 22. The SMILES string of the molecule is CC(=O)NC1C(O)[C@H](O[C@@H]2OC(CO[C@H]3OC(CO)[C@@H](O)C(O)C3O[C@@H]3OC(CO)[C@@H](O[C@@H]4OC(CO)[C@H](O)C(O)CC4O)CC3(O)NC(C)=O)[C@@H](O)C(O[C@H]3OC(CO)[C@@H](O)C(O)C3O)C2O)C(CO)O[C@H]1O[C@@H]1C(CO)O[C@@H](C)C(NC(C)=O)C1O. The average molecular weight is 1290 g/mol. The Balaban J connectivity index is 1.17. The van der Waals surface area contributed by atoms with Crippen LogP contribution >= 0.6 is 0 Å². The van der Waals surface area contributed by atoms with Gasteiger partial charge in [0.05, 0.1) is 70.6 Å². The summed E-state index contributed by atoms with van der Waals surface area (Å²) in [5.74, 6) is -2.36. The van der Waals surface area contributed by atoms with Crippen molar-refractivity contribution < 1.29 is 173 Å². The zero-order chi connectivity index (χ0) is 65.0. The van der Waals surface area contributed by atoms with Crippen molar-refractivity contribution in [3.63, 3.8) is 0 Å². The van der Waals surface area contributed by atoms with Crippen molar-refractivity contribution in [2.24, 2.45) is 0 Å². The van der Waals surface area contributed by atoms with E-state index in [9.17, 15) is 111 Å². The maximum absolute atomic E-state index is 12.7. The Kier molecular flexibility index (Phi) is 25.9. The molecule has 7 aliphatic rings. The van der Waals surface area contributed by atoms with E-state index < -0.39 is 285 Å². The van der Waals surface area contributed by atoms with Crippen molar-refractivity contribution in [1.29, 1.82) is 0 Å².